The van der Waals surface area contributed by atoms with Crippen LogP contribution >= 0.6 is 0 Å². The quantitative estimate of drug-likeness (QED) is 0.650. The normalized spacial score (nSPS) is 18.0. The Labute approximate surface area is 201 Å². The number of rotatable bonds is 5. The molecule has 3 rings (SSSR count). The minimum Gasteiger partial charge on any atom is -0.444 e. The van der Waals surface area contributed by atoms with Crippen molar-refractivity contribution in [2.75, 3.05) is 44.6 Å². The molecular formula is C23H35N5O5S. The van der Waals surface area contributed by atoms with Crippen LogP contribution in [0.3, 0.4) is 0 Å². The predicted molar refractivity (Wildman–Crippen MR) is 130 cm³/mol. The Morgan fingerprint density at radius 1 is 1.09 bits per heavy atom. The summed E-state index contributed by atoms with van der Waals surface area (Å²) in [6, 6.07) is 6.18. The van der Waals surface area contributed by atoms with Crippen LogP contribution in [-0.4, -0.2) is 80.9 Å². The van der Waals surface area contributed by atoms with Crippen molar-refractivity contribution in [1.82, 2.24) is 14.5 Å². The van der Waals surface area contributed by atoms with Gasteiger partial charge >= 0.3 is 6.09 Å². The molecule has 1 aromatic rings. The largest absolute Gasteiger partial charge is 0.444 e. The first-order chi connectivity index (χ1) is 16.0. The third-order valence-corrected chi connectivity index (χ3v) is 6.82. The number of benzene rings is 1. The number of ether oxygens (including phenoxy) is 1. The standard InChI is InChI=1S/C23H35N5O5S/c1-23(2,3)33-22(30)28-14-12-27(13-15-28)17-21(29)25-18-8-7-9-19(16-18)34(31,32)26-20-10-5-4-6-11-24-20/h7-9,16H,4-6,10-15,17H2,1-3H3,(H,24,26)(H,25,29). The molecule has 0 radical (unpaired) electrons. The zero-order chi connectivity index (χ0) is 24.8. The van der Waals surface area contributed by atoms with Crippen LogP contribution in [0.5, 0.6) is 0 Å². The number of hydrogen-bond acceptors (Lipinski definition) is 7. The van der Waals surface area contributed by atoms with E-state index in [9.17, 15) is 18.0 Å². The number of aliphatic imine (C=N–C) groups is 1. The third kappa shape index (κ3) is 7.98. The van der Waals surface area contributed by atoms with Crippen LogP contribution < -0.4 is 10.0 Å². The highest BCUT2D eigenvalue weighted by Crippen LogP contribution is 2.17. The molecule has 34 heavy (non-hydrogen) atoms. The number of carbonyl (C=O) groups excluding carboxylic acids is 2. The Morgan fingerprint density at radius 2 is 1.82 bits per heavy atom. The first kappa shape index (κ1) is 26.0. The predicted octanol–water partition coefficient (Wildman–Crippen LogP) is 2.43. The molecule has 0 saturated carbocycles. The first-order valence-corrected chi connectivity index (χ1v) is 13.2. The van der Waals surface area contributed by atoms with E-state index < -0.39 is 15.6 Å². The van der Waals surface area contributed by atoms with Crippen molar-refractivity contribution < 1.29 is 22.7 Å². The molecule has 2 heterocycles. The molecule has 2 N–H and O–H groups in total. The Kier molecular flexibility index (Phi) is 8.53. The van der Waals surface area contributed by atoms with Crippen LogP contribution in [0.1, 0.15) is 46.5 Å². The minimum absolute atomic E-state index is 0.0724. The fraction of sp³-hybridized carbons (Fsp3) is 0.609. The smallest absolute Gasteiger partial charge is 0.410 e. The van der Waals surface area contributed by atoms with Crippen LogP contribution in [0.15, 0.2) is 34.2 Å². The first-order valence-electron chi connectivity index (χ1n) is 11.7. The number of anilines is 1. The van der Waals surface area contributed by atoms with Crippen molar-refractivity contribution in [2.24, 2.45) is 4.99 Å². The molecule has 0 aliphatic carbocycles. The number of nitrogens with zero attached hydrogens (tertiary/aromatic N) is 3. The average molecular weight is 494 g/mol. The molecule has 11 heteroatoms. The summed E-state index contributed by atoms with van der Waals surface area (Å²) < 4.78 is 33.5. The van der Waals surface area contributed by atoms with Gasteiger partial charge in [0.15, 0.2) is 0 Å². The highest BCUT2D eigenvalue weighted by Gasteiger charge is 2.26. The lowest BCUT2D eigenvalue weighted by molar-refractivity contribution is -0.117. The van der Waals surface area contributed by atoms with Crippen molar-refractivity contribution in [1.29, 1.82) is 0 Å². The molecular weight excluding hydrogens is 458 g/mol. The van der Waals surface area contributed by atoms with Crippen LogP contribution in [0.2, 0.25) is 0 Å². The lowest BCUT2D eigenvalue weighted by Gasteiger charge is -2.35. The summed E-state index contributed by atoms with van der Waals surface area (Å²) in [5.74, 6) is 0.235. The van der Waals surface area contributed by atoms with Crippen molar-refractivity contribution in [3.8, 4) is 0 Å². The lowest BCUT2D eigenvalue weighted by atomic mass is 10.2. The van der Waals surface area contributed by atoms with Gasteiger partial charge in [-0.05, 0) is 51.8 Å². The maximum absolute atomic E-state index is 12.8. The highest BCUT2D eigenvalue weighted by atomic mass is 32.2. The number of carbonyl (C=O) groups is 2. The summed E-state index contributed by atoms with van der Waals surface area (Å²) in [7, 11) is -3.78. The molecule has 0 spiro atoms. The summed E-state index contributed by atoms with van der Waals surface area (Å²) in [4.78, 5) is 32.7. The molecule has 0 bridgehead atoms. The molecule has 0 atom stereocenters. The Hall–Kier alpha value is -2.66. The van der Waals surface area contributed by atoms with Crippen LogP contribution in [0.25, 0.3) is 0 Å². The zero-order valence-corrected chi connectivity index (χ0v) is 21.0. The van der Waals surface area contributed by atoms with Crippen LogP contribution in [-0.2, 0) is 19.6 Å². The minimum atomic E-state index is -3.78. The highest BCUT2D eigenvalue weighted by molar-refractivity contribution is 7.90. The third-order valence-electron chi connectivity index (χ3n) is 5.45. The molecule has 188 valence electrons. The average Bonchev–Trinajstić information content (AvgIpc) is 3.01. The van der Waals surface area contributed by atoms with Crippen molar-refractivity contribution in [2.45, 2.75) is 57.0 Å². The number of amidine groups is 1. The Bertz CT molecular complexity index is 1010. The van der Waals surface area contributed by atoms with Gasteiger partial charge in [0, 0.05) is 44.8 Å². The van der Waals surface area contributed by atoms with Gasteiger partial charge in [-0.1, -0.05) is 12.5 Å². The second kappa shape index (κ2) is 11.2. The van der Waals surface area contributed by atoms with Gasteiger partial charge in [0.1, 0.15) is 11.4 Å². The van der Waals surface area contributed by atoms with E-state index in [0.717, 1.165) is 19.3 Å². The van der Waals surface area contributed by atoms with Gasteiger partial charge in [-0.15, -0.1) is 0 Å². The molecule has 1 saturated heterocycles. The van der Waals surface area contributed by atoms with E-state index in [2.05, 4.69) is 15.0 Å². The van der Waals surface area contributed by atoms with E-state index in [1.54, 1.807) is 17.0 Å². The van der Waals surface area contributed by atoms with E-state index in [0.29, 0.717) is 50.7 Å². The molecule has 1 fully saturated rings. The van der Waals surface area contributed by atoms with Gasteiger partial charge < -0.3 is 15.0 Å². The zero-order valence-electron chi connectivity index (χ0n) is 20.2. The lowest BCUT2D eigenvalue weighted by Crippen LogP contribution is -2.51. The second-order valence-electron chi connectivity index (χ2n) is 9.56. The van der Waals surface area contributed by atoms with Crippen molar-refractivity contribution in [3.63, 3.8) is 0 Å². The summed E-state index contributed by atoms with van der Waals surface area (Å²) in [5, 5.41) is 2.77. The van der Waals surface area contributed by atoms with E-state index in [1.165, 1.54) is 12.1 Å². The number of piperazine rings is 1. The monoisotopic (exact) mass is 493 g/mol. The van der Waals surface area contributed by atoms with Gasteiger partial charge in [0.05, 0.1) is 11.4 Å². The van der Waals surface area contributed by atoms with E-state index in [1.807, 2.05) is 25.7 Å². The number of sulfonamides is 1. The van der Waals surface area contributed by atoms with Gasteiger partial charge in [0.25, 0.3) is 10.0 Å². The number of hydrogen-bond donors (Lipinski definition) is 2. The van der Waals surface area contributed by atoms with E-state index >= 15 is 0 Å². The van der Waals surface area contributed by atoms with Crippen molar-refractivity contribution in [3.05, 3.63) is 24.3 Å². The maximum atomic E-state index is 12.8. The summed E-state index contributed by atoms with van der Waals surface area (Å²) in [6.45, 7) is 8.30. The van der Waals surface area contributed by atoms with Crippen LogP contribution in [0.4, 0.5) is 10.5 Å². The van der Waals surface area contributed by atoms with Gasteiger partial charge in [-0.2, -0.15) is 0 Å². The SMILES string of the molecule is CC(C)(C)OC(=O)N1CCN(CC(=O)Nc2cccc(S(=O)(=O)NC3=NCCCCC3)c2)CC1. The van der Waals surface area contributed by atoms with E-state index in [4.69, 9.17) is 4.74 Å². The molecule has 10 nitrogen and oxygen atoms in total. The van der Waals surface area contributed by atoms with Crippen molar-refractivity contribution >= 4 is 33.5 Å². The molecule has 1 aromatic carbocycles. The van der Waals surface area contributed by atoms with Gasteiger partial charge in [-0.3, -0.25) is 19.4 Å². The molecule has 2 aliphatic rings. The Balaban J connectivity index is 1.52. The van der Waals surface area contributed by atoms with Crippen LogP contribution in [0, 0.1) is 0 Å². The number of amides is 2. The van der Waals surface area contributed by atoms with E-state index in [-0.39, 0.29) is 23.4 Å². The van der Waals surface area contributed by atoms with Gasteiger partial charge in [0.2, 0.25) is 5.91 Å². The topological polar surface area (TPSA) is 120 Å². The summed E-state index contributed by atoms with van der Waals surface area (Å²) in [6.07, 6.45) is 3.16. The molecule has 2 aliphatic heterocycles. The summed E-state index contributed by atoms with van der Waals surface area (Å²) >= 11 is 0. The van der Waals surface area contributed by atoms with Gasteiger partial charge in [-0.25, -0.2) is 13.2 Å². The second-order valence-corrected chi connectivity index (χ2v) is 11.2. The fourth-order valence-corrected chi connectivity index (χ4v) is 4.87. The Morgan fingerprint density at radius 3 is 2.53 bits per heavy atom. The molecule has 0 unspecified atom stereocenters. The molecule has 0 aromatic heterocycles. The summed E-state index contributed by atoms with van der Waals surface area (Å²) in [5.41, 5.74) is -0.141. The number of nitrogens with one attached hydrogen (secondary N) is 2. The fourth-order valence-electron chi connectivity index (χ4n) is 3.73. The molecule has 2 amide bonds. The maximum Gasteiger partial charge on any atom is 0.410 e.